The van der Waals surface area contributed by atoms with Crippen molar-refractivity contribution in [2.75, 3.05) is 13.2 Å². The Morgan fingerprint density at radius 3 is 2.45 bits per heavy atom. The number of hydrogen-bond acceptors (Lipinski definition) is 4. The molecule has 0 bridgehead atoms. The summed E-state index contributed by atoms with van der Waals surface area (Å²) in [6.07, 6.45) is 0.531. The van der Waals surface area contributed by atoms with Gasteiger partial charge in [0.25, 0.3) is 0 Å². The lowest BCUT2D eigenvalue weighted by Crippen LogP contribution is -2.14. The first-order chi connectivity index (χ1) is 10.8. The van der Waals surface area contributed by atoms with Crippen molar-refractivity contribution in [1.29, 1.82) is 0 Å². The van der Waals surface area contributed by atoms with E-state index in [1.165, 1.54) is 0 Å². The smallest absolute Gasteiger partial charge is 0.170 e. The summed E-state index contributed by atoms with van der Waals surface area (Å²) < 4.78 is 5.70. The molecule has 116 valence electrons. The maximum absolute atomic E-state index is 8.64. The maximum Gasteiger partial charge on any atom is 0.170 e. The van der Waals surface area contributed by atoms with Crippen LogP contribution >= 0.6 is 0 Å². The third-order valence-electron chi connectivity index (χ3n) is 2.96. The summed E-state index contributed by atoms with van der Waals surface area (Å²) in [5.41, 5.74) is 7.69. The van der Waals surface area contributed by atoms with Crippen molar-refractivity contribution in [1.82, 2.24) is 0 Å². The van der Waals surface area contributed by atoms with E-state index in [1.54, 1.807) is 0 Å². The molecule has 0 spiro atoms. The third-order valence-corrected chi connectivity index (χ3v) is 2.96. The molecule has 2 aromatic carbocycles. The molecule has 5 nitrogen and oxygen atoms in total. The number of benzene rings is 2. The Morgan fingerprint density at radius 1 is 1.05 bits per heavy atom. The van der Waals surface area contributed by atoms with Crippen LogP contribution in [0.5, 0.6) is 5.75 Å². The van der Waals surface area contributed by atoms with Crippen LogP contribution in [0.25, 0.3) is 0 Å². The lowest BCUT2D eigenvalue weighted by atomic mass is 10.2. The van der Waals surface area contributed by atoms with Crippen molar-refractivity contribution < 1.29 is 14.7 Å². The number of nitrogens with two attached hydrogens (primary N) is 1. The summed E-state index contributed by atoms with van der Waals surface area (Å²) in [5.74, 6) is 1.06. The molecule has 0 fully saturated rings. The Kier molecular flexibility index (Phi) is 6.26. The van der Waals surface area contributed by atoms with Gasteiger partial charge in [-0.2, -0.15) is 0 Å². The van der Waals surface area contributed by atoms with Crippen LogP contribution < -0.4 is 10.5 Å². The SMILES string of the molecule is N/C(=N/OCCCO)c1ccc(OCc2ccccc2)cc1. The zero-order valence-electron chi connectivity index (χ0n) is 12.3. The number of aliphatic hydroxyl groups is 1. The molecule has 0 amide bonds. The van der Waals surface area contributed by atoms with E-state index < -0.39 is 0 Å². The molecule has 0 aliphatic rings. The Morgan fingerprint density at radius 2 is 1.77 bits per heavy atom. The quantitative estimate of drug-likeness (QED) is 0.339. The van der Waals surface area contributed by atoms with E-state index in [2.05, 4.69) is 5.16 Å². The van der Waals surface area contributed by atoms with Crippen LogP contribution in [0.4, 0.5) is 0 Å². The normalized spacial score (nSPS) is 11.2. The first kappa shape index (κ1) is 15.9. The van der Waals surface area contributed by atoms with Gasteiger partial charge >= 0.3 is 0 Å². The second kappa shape index (κ2) is 8.69. The molecule has 0 aliphatic carbocycles. The third kappa shape index (κ3) is 5.10. The Bertz CT molecular complexity index is 583. The molecule has 2 rings (SSSR count). The molecule has 2 aromatic rings. The first-order valence-electron chi connectivity index (χ1n) is 7.13. The number of hydrogen-bond donors (Lipinski definition) is 2. The van der Waals surface area contributed by atoms with Gasteiger partial charge in [-0.1, -0.05) is 35.5 Å². The molecular weight excluding hydrogens is 280 g/mol. The molecule has 0 atom stereocenters. The van der Waals surface area contributed by atoms with Gasteiger partial charge in [-0.25, -0.2) is 0 Å². The number of oxime groups is 1. The van der Waals surface area contributed by atoms with Gasteiger partial charge in [0, 0.05) is 18.6 Å². The van der Waals surface area contributed by atoms with E-state index in [0.717, 1.165) is 16.9 Å². The highest BCUT2D eigenvalue weighted by atomic mass is 16.6. The molecule has 0 aromatic heterocycles. The zero-order chi connectivity index (χ0) is 15.6. The first-order valence-corrected chi connectivity index (χ1v) is 7.13. The van der Waals surface area contributed by atoms with Crippen LogP contribution in [0, 0.1) is 0 Å². The highest BCUT2D eigenvalue weighted by molar-refractivity contribution is 5.97. The predicted molar refractivity (Wildman–Crippen MR) is 85.6 cm³/mol. The second-order valence-electron chi connectivity index (χ2n) is 4.69. The summed E-state index contributed by atoms with van der Waals surface area (Å²) in [6, 6.07) is 17.3. The number of ether oxygens (including phenoxy) is 1. The molecule has 0 heterocycles. The number of amidine groups is 1. The summed E-state index contributed by atoms with van der Waals surface area (Å²) in [7, 11) is 0. The molecule has 5 heteroatoms. The lowest BCUT2D eigenvalue weighted by Gasteiger charge is -2.07. The van der Waals surface area contributed by atoms with E-state index in [-0.39, 0.29) is 6.61 Å². The molecule has 3 N–H and O–H groups in total. The Hall–Kier alpha value is -2.53. The maximum atomic E-state index is 8.64. The van der Waals surface area contributed by atoms with E-state index in [9.17, 15) is 0 Å². The fourth-order valence-corrected chi connectivity index (χ4v) is 1.76. The Labute approximate surface area is 130 Å². The molecule has 0 aliphatic heterocycles. The Balaban J connectivity index is 1.87. The summed E-state index contributed by atoms with van der Waals surface area (Å²) in [5, 5.41) is 12.4. The van der Waals surface area contributed by atoms with Gasteiger partial charge in [0.2, 0.25) is 0 Å². The van der Waals surface area contributed by atoms with Crippen LogP contribution in [0.1, 0.15) is 17.5 Å². The van der Waals surface area contributed by atoms with Crippen molar-refractivity contribution in [2.24, 2.45) is 10.9 Å². The highest BCUT2D eigenvalue weighted by Crippen LogP contribution is 2.14. The van der Waals surface area contributed by atoms with Crippen LogP contribution in [-0.4, -0.2) is 24.2 Å². The topological polar surface area (TPSA) is 77.1 Å². The highest BCUT2D eigenvalue weighted by Gasteiger charge is 2.01. The van der Waals surface area contributed by atoms with Crippen molar-refractivity contribution in [3.63, 3.8) is 0 Å². The summed E-state index contributed by atoms with van der Waals surface area (Å²) in [6.45, 7) is 0.937. The van der Waals surface area contributed by atoms with Gasteiger partial charge < -0.3 is 20.4 Å². The number of nitrogens with zero attached hydrogens (tertiary/aromatic N) is 1. The predicted octanol–water partition coefficient (Wildman–Crippen LogP) is 2.28. The van der Waals surface area contributed by atoms with Crippen molar-refractivity contribution in [3.05, 3.63) is 65.7 Å². The minimum Gasteiger partial charge on any atom is -0.489 e. The van der Waals surface area contributed by atoms with Gasteiger partial charge in [0.05, 0.1) is 0 Å². The van der Waals surface area contributed by atoms with E-state index >= 15 is 0 Å². The zero-order valence-corrected chi connectivity index (χ0v) is 12.3. The monoisotopic (exact) mass is 300 g/mol. The van der Waals surface area contributed by atoms with E-state index in [4.69, 9.17) is 20.4 Å². The van der Waals surface area contributed by atoms with Gasteiger partial charge in [-0.3, -0.25) is 0 Å². The molecule has 0 saturated heterocycles. The average molecular weight is 300 g/mol. The minimum atomic E-state index is 0.0723. The van der Waals surface area contributed by atoms with Crippen LogP contribution in [-0.2, 0) is 11.4 Å². The van der Waals surface area contributed by atoms with Gasteiger partial charge in [-0.05, 0) is 29.8 Å². The van der Waals surface area contributed by atoms with Crippen molar-refractivity contribution in [2.45, 2.75) is 13.0 Å². The van der Waals surface area contributed by atoms with Crippen molar-refractivity contribution >= 4 is 5.84 Å². The van der Waals surface area contributed by atoms with Crippen molar-refractivity contribution in [3.8, 4) is 5.75 Å². The fraction of sp³-hybridized carbons (Fsp3) is 0.235. The minimum absolute atomic E-state index is 0.0723. The molecule has 0 unspecified atom stereocenters. The average Bonchev–Trinajstić information content (AvgIpc) is 2.58. The van der Waals surface area contributed by atoms with Gasteiger partial charge in [0.15, 0.2) is 5.84 Å². The van der Waals surface area contributed by atoms with Gasteiger partial charge in [0.1, 0.15) is 19.0 Å². The fourth-order valence-electron chi connectivity index (χ4n) is 1.76. The molecular formula is C17H20N2O3. The molecule has 22 heavy (non-hydrogen) atoms. The lowest BCUT2D eigenvalue weighted by molar-refractivity contribution is 0.124. The second-order valence-corrected chi connectivity index (χ2v) is 4.69. The van der Waals surface area contributed by atoms with Crippen LogP contribution in [0.2, 0.25) is 0 Å². The number of rotatable bonds is 8. The molecule has 0 saturated carbocycles. The number of aliphatic hydroxyl groups excluding tert-OH is 1. The van der Waals surface area contributed by atoms with E-state index in [0.29, 0.717) is 25.5 Å². The van der Waals surface area contributed by atoms with Crippen LogP contribution in [0.15, 0.2) is 59.8 Å². The summed E-state index contributed by atoms with van der Waals surface area (Å²) >= 11 is 0. The standard InChI is InChI=1S/C17H20N2O3/c18-17(19-22-12-4-11-20)15-7-9-16(10-8-15)21-13-14-5-2-1-3-6-14/h1-3,5-10,20H,4,11-13H2,(H2,18,19). The van der Waals surface area contributed by atoms with Gasteiger partial charge in [-0.15, -0.1) is 0 Å². The molecule has 0 radical (unpaired) electrons. The van der Waals surface area contributed by atoms with Crippen LogP contribution in [0.3, 0.4) is 0 Å². The largest absolute Gasteiger partial charge is 0.489 e. The summed E-state index contributed by atoms with van der Waals surface area (Å²) in [4.78, 5) is 5.00. The van der Waals surface area contributed by atoms with E-state index in [1.807, 2.05) is 54.6 Å².